The average Bonchev–Trinajstić information content (AvgIpc) is 2.44. The largest absolute Gasteiger partial charge is 0.338 e. The first-order valence-electron chi connectivity index (χ1n) is 8.01. The third kappa shape index (κ3) is 3.97. The van der Waals surface area contributed by atoms with Crippen molar-refractivity contribution in [3.05, 3.63) is 29.6 Å². The molecule has 1 saturated carbocycles. The summed E-state index contributed by atoms with van der Waals surface area (Å²) < 4.78 is 0. The molecule has 1 aliphatic carbocycles. The molecule has 1 aliphatic rings. The molecular weight excluding hydrogens is 276 g/mol. The molecule has 1 aromatic heterocycles. The van der Waals surface area contributed by atoms with E-state index in [-0.39, 0.29) is 11.6 Å². The van der Waals surface area contributed by atoms with E-state index in [1.807, 2.05) is 31.1 Å². The summed E-state index contributed by atoms with van der Waals surface area (Å²) in [6, 6.07) is 4.07. The van der Waals surface area contributed by atoms with E-state index in [2.05, 4.69) is 35.4 Å². The van der Waals surface area contributed by atoms with Crippen molar-refractivity contribution in [1.29, 1.82) is 0 Å². The predicted molar refractivity (Wildman–Crippen MR) is 89.0 cm³/mol. The van der Waals surface area contributed by atoms with Gasteiger partial charge in [0.1, 0.15) is 0 Å². The molecule has 5 nitrogen and oxygen atoms in total. The van der Waals surface area contributed by atoms with Gasteiger partial charge in [-0.3, -0.25) is 4.98 Å². The summed E-state index contributed by atoms with van der Waals surface area (Å²) in [7, 11) is 6.09. The molecular formula is C17H28N4O. The van der Waals surface area contributed by atoms with Crippen molar-refractivity contribution in [3.8, 4) is 0 Å². The van der Waals surface area contributed by atoms with Crippen molar-refractivity contribution in [2.75, 3.05) is 34.2 Å². The summed E-state index contributed by atoms with van der Waals surface area (Å²) in [6.07, 6.45) is 6.29. The fourth-order valence-electron chi connectivity index (χ4n) is 2.94. The lowest BCUT2D eigenvalue weighted by molar-refractivity contribution is 0.0364. The van der Waals surface area contributed by atoms with Crippen LogP contribution in [0.4, 0.5) is 4.79 Å². The minimum absolute atomic E-state index is 0.00759. The van der Waals surface area contributed by atoms with E-state index in [1.54, 1.807) is 0 Å². The zero-order chi connectivity index (χ0) is 16.2. The standard InChI is InChI=1S/C17H28N4O/c1-14-6-7-15(12-19-14)8-11-18-16(22)21(4)13-17(20(2)3)9-5-10-17/h6-7,12H,5,8-11,13H2,1-4H3,(H,18,22). The number of pyridine rings is 1. The highest BCUT2D eigenvalue weighted by Crippen LogP contribution is 2.36. The van der Waals surface area contributed by atoms with Gasteiger partial charge in [0.05, 0.1) is 0 Å². The molecule has 0 unspecified atom stereocenters. The van der Waals surface area contributed by atoms with E-state index in [9.17, 15) is 4.79 Å². The van der Waals surface area contributed by atoms with E-state index in [1.165, 1.54) is 19.3 Å². The maximum Gasteiger partial charge on any atom is 0.317 e. The Morgan fingerprint density at radius 1 is 1.32 bits per heavy atom. The second-order valence-electron chi connectivity index (χ2n) is 6.62. The molecule has 0 atom stereocenters. The van der Waals surface area contributed by atoms with Crippen LogP contribution in [0.1, 0.15) is 30.5 Å². The Morgan fingerprint density at radius 2 is 2.05 bits per heavy atom. The minimum Gasteiger partial charge on any atom is -0.338 e. The van der Waals surface area contributed by atoms with Gasteiger partial charge in [0.15, 0.2) is 0 Å². The number of nitrogens with zero attached hydrogens (tertiary/aromatic N) is 3. The maximum absolute atomic E-state index is 12.2. The van der Waals surface area contributed by atoms with Crippen LogP contribution >= 0.6 is 0 Å². The maximum atomic E-state index is 12.2. The average molecular weight is 304 g/mol. The Morgan fingerprint density at radius 3 is 2.55 bits per heavy atom. The number of hydrogen-bond acceptors (Lipinski definition) is 3. The molecule has 1 N–H and O–H groups in total. The van der Waals surface area contributed by atoms with Gasteiger partial charge in [-0.25, -0.2) is 4.79 Å². The van der Waals surface area contributed by atoms with Crippen molar-refractivity contribution in [1.82, 2.24) is 20.1 Å². The van der Waals surface area contributed by atoms with Crippen LogP contribution in [0.5, 0.6) is 0 Å². The second-order valence-corrected chi connectivity index (χ2v) is 6.62. The quantitative estimate of drug-likeness (QED) is 0.875. The van der Waals surface area contributed by atoms with Crippen LogP contribution in [0.3, 0.4) is 0 Å². The monoisotopic (exact) mass is 304 g/mol. The Kier molecular flexibility index (Phi) is 5.40. The van der Waals surface area contributed by atoms with Crippen molar-refractivity contribution < 1.29 is 4.79 Å². The number of carbonyl (C=O) groups is 1. The van der Waals surface area contributed by atoms with E-state index < -0.39 is 0 Å². The predicted octanol–water partition coefficient (Wildman–Crippen LogP) is 2.06. The molecule has 22 heavy (non-hydrogen) atoms. The van der Waals surface area contributed by atoms with Crippen LogP contribution < -0.4 is 5.32 Å². The molecule has 1 fully saturated rings. The van der Waals surface area contributed by atoms with Crippen molar-refractivity contribution in [3.63, 3.8) is 0 Å². The Bertz CT molecular complexity index is 494. The van der Waals surface area contributed by atoms with E-state index in [4.69, 9.17) is 0 Å². The van der Waals surface area contributed by atoms with E-state index >= 15 is 0 Å². The molecule has 0 radical (unpaired) electrons. The van der Waals surface area contributed by atoms with Crippen LogP contribution in [0.25, 0.3) is 0 Å². The number of aromatic nitrogens is 1. The minimum atomic E-state index is 0.00759. The SMILES string of the molecule is Cc1ccc(CCNC(=O)N(C)CC2(N(C)C)CCC2)cn1. The van der Waals surface area contributed by atoms with Gasteiger partial charge in [0, 0.05) is 37.6 Å². The van der Waals surface area contributed by atoms with Gasteiger partial charge in [-0.15, -0.1) is 0 Å². The fraction of sp³-hybridized carbons (Fsp3) is 0.647. The molecule has 0 saturated heterocycles. The van der Waals surface area contributed by atoms with Gasteiger partial charge >= 0.3 is 6.03 Å². The van der Waals surface area contributed by atoms with Gasteiger partial charge in [-0.05, 0) is 58.3 Å². The lowest BCUT2D eigenvalue weighted by Crippen LogP contribution is -2.58. The molecule has 5 heteroatoms. The highest BCUT2D eigenvalue weighted by molar-refractivity contribution is 5.74. The number of likely N-dealkylation sites (N-methyl/N-ethyl adjacent to an activating group) is 2. The lowest BCUT2D eigenvalue weighted by atomic mass is 9.75. The summed E-state index contributed by atoms with van der Waals surface area (Å²) in [5.41, 5.74) is 2.34. The molecule has 1 heterocycles. The molecule has 0 aliphatic heterocycles. The van der Waals surface area contributed by atoms with E-state index in [0.717, 1.165) is 24.2 Å². The summed E-state index contributed by atoms with van der Waals surface area (Å²) >= 11 is 0. The number of aryl methyl sites for hydroxylation is 1. The Hall–Kier alpha value is -1.62. The van der Waals surface area contributed by atoms with E-state index in [0.29, 0.717) is 6.54 Å². The number of carbonyl (C=O) groups excluding carboxylic acids is 1. The molecule has 0 spiro atoms. The van der Waals surface area contributed by atoms with Crippen LogP contribution in [0, 0.1) is 6.92 Å². The third-order valence-electron chi connectivity index (χ3n) is 4.77. The van der Waals surface area contributed by atoms with Crippen LogP contribution in [-0.4, -0.2) is 60.6 Å². The van der Waals surface area contributed by atoms with Gasteiger partial charge < -0.3 is 15.1 Å². The number of amides is 2. The van der Waals surface area contributed by atoms with Gasteiger partial charge in [0.25, 0.3) is 0 Å². The second kappa shape index (κ2) is 7.09. The molecule has 1 aromatic rings. The first kappa shape index (κ1) is 16.7. The zero-order valence-electron chi connectivity index (χ0n) is 14.2. The number of hydrogen-bond donors (Lipinski definition) is 1. The molecule has 0 aromatic carbocycles. The van der Waals surface area contributed by atoms with Crippen molar-refractivity contribution in [2.24, 2.45) is 0 Å². The normalized spacial score (nSPS) is 16.2. The molecule has 0 bridgehead atoms. The van der Waals surface area contributed by atoms with Gasteiger partial charge in [-0.2, -0.15) is 0 Å². The van der Waals surface area contributed by atoms with Crippen LogP contribution in [-0.2, 0) is 6.42 Å². The summed E-state index contributed by atoms with van der Waals surface area (Å²) in [5, 5.41) is 3.00. The number of urea groups is 1. The molecule has 122 valence electrons. The first-order valence-corrected chi connectivity index (χ1v) is 8.01. The van der Waals surface area contributed by atoms with Crippen molar-refractivity contribution >= 4 is 6.03 Å². The number of nitrogens with one attached hydrogen (secondary N) is 1. The van der Waals surface area contributed by atoms with Crippen LogP contribution in [0.2, 0.25) is 0 Å². The van der Waals surface area contributed by atoms with Crippen molar-refractivity contribution in [2.45, 2.75) is 38.1 Å². The fourth-order valence-corrected chi connectivity index (χ4v) is 2.94. The Balaban J connectivity index is 1.75. The first-order chi connectivity index (χ1) is 10.4. The smallest absolute Gasteiger partial charge is 0.317 e. The summed E-state index contributed by atoms with van der Waals surface area (Å²) in [5.74, 6) is 0. The molecule has 2 rings (SSSR count). The Labute approximate surface area is 133 Å². The molecule has 2 amide bonds. The zero-order valence-corrected chi connectivity index (χ0v) is 14.2. The van der Waals surface area contributed by atoms with Crippen LogP contribution in [0.15, 0.2) is 18.3 Å². The highest BCUT2D eigenvalue weighted by atomic mass is 16.2. The highest BCUT2D eigenvalue weighted by Gasteiger charge is 2.40. The van der Waals surface area contributed by atoms with Gasteiger partial charge in [0.2, 0.25) is 0 Å². The third-order valence-corrected chi connectivity index (χ3v) is 4.77. The number of rotatable bonds is 6. The lowest BCUT2D eigenvalue weighted by Gasteiger charge is -2.49. The topological polar surface area (TPSA) is 48.5 Å². The summed E-state index contributed by atoms with van der Waals surface area (Å²) in [4.78, 5) is 20.6. The van der Waals surface area contributed by atoms with Gasteiger partial charge in [-0.1, -0.05) is 6.07 Å². The summed E-state index contributed by atoms with van der Waals surface area (Å²) in [6.45, 7) is 3.41.